The topological polar surface area (TPSA) is 61.0 Å². The highest BCUT2D eigenvalue weighted by atomic mass is 16.5. The van der Waals surface area contributed by atoms with Crippen LogP contribution in [0.4, 0.5) is 0 Å². The lowest BCUT2D eigenvalue weighted by Crippen LogP contribution is -2.14. The van der Waals surface area contributed by atoms with Crippen molar-refractivity contribution < 1.29 is 9.15 Å². The molecule has 0 unspecified atom stereocenters. The number of aromatic nitrogens is 3. The molecule has 268 valence electrons. The van der Waals surface area contributed by atoms with E-state index in [-0.39, 0.29) is 5.92 Å². The highest BCUT2D eigenvalue weighted by Gasteiger charge is 2.25. The van der Waals surface area contributed by atoms with Crippen LogP contribution in [0.15, 0.2) is 167 Å². The normalized spacial score (nSPS) is 17.3. The van der Waals surface area contributed by atoms with Crippen LogP contribution in [-0.2, 0) is 6.42 Å². The molecular weight excluding hydrogens is 663 g/mol. The number of allylic oxidation sites excluding steroid dienone is 11. The van der Waals surface area contributed by atoms with Crippen LogP contribution in [0, 0.1) is 11.8 Å². The van der Waals surface area contributed by atoms with Crippen LogP contribution < -0.4 is 4.74 Å². The Bertz CT molecular complexity index is 2460. The molecule has 0 aliphatic heterocycles. The molecule has 0 amide bonds. The van der Waals surface area contributed by atoms with E-state index in [0.29, 0.717) is 30.6 Å². The summed E-state index contributed by atoms with van der Waals surface area (Å²) in [6.45, 7) is 4.92. The maximum absolute atomic E-state index is 6.61. The van der Waals surface area contributed by atoms with E-state index < -0.39 is 0 Å². The molecule has 2 heterocycles. The van der Waals surface area contributed by atoms with E-state index in [1.807, 2.05) is 48.5 Å². The van der Waals surface area contributed by atoms with Gasteiger partial charge in [0.25, 0.3) is 0 Å². The molecule has 54 heavy (non-hydrogen) atoms. The van der Waals surface area contributed by atoms with Gasteiger partial charge in [-0.3, -0.25) is 0 Å². The Kier molecular flexibility index (Phi) is 10.6. The number of aryl methyl sites for hydroxylation is 1. The van der Waals surface area contributed by atoms with Gasteiger partial charge in [0, 0.05) is 39.8 Å². The van der Waals surface area contributed by atoms with Gasteiger partial charge < -0.3 is 9.15 Å². The monoisotopic (exact) mass is 707 g/mol. The molecule has 0 saturated heterocycles. The standard InChI is InChI=1S/C49H45N3O2/c1-3-16-35(17-4-2)38-29-28-36(42(32-38)39-22-11-13-25-43(39)53-33-34-18-7-5-8-19-34)30-31-46-50-48(37-20-9-6-10-21-37)52-49(51-46)41-24-15-27-45-47(41)40-23-12-14-26-44(40)54-45/h3,5-18,20-27,29,32,34,36H,4,19,28,30-31,33H2,1-2H3/b16-3+,35-17+/t34-,36+/m0/s1. The SMILES string of the molecule is C/C=C/C(=C\CC)C1=CC[C@H](CCc2nc(-c3ccccc3)nc(-c3cccc4oc5ccccc5c34)n2)C(c2ccccc2OC[C@H]2C=CC=CC2)=C1. The lowest BCUT2D eigenvalue weighted by Gasteiger charge is -2.27. The summed E-state index contributed by atoms with van der Waals surface area (Å²) in [6.07, 6.45) is 24.6. The predicted molar refractivity (Wildman–Crippen MR) is 222 cm³/mol. The molecule has 6 aromatic rings. The van der Waals surface area contributed by atoms with Gasteiger partial charge in [0.15, 0.2) is 11.6 Å². The van der Waals surface area contributed by atoms with E-state index in [9.17, 15) is 0 Å². The van der Waals surface area contributed by atoms with E-state index in [2.05, 4.69) is 117 Å². The molecule has 0 spiro atoms. The number of benzene rings is 4. The van der Waals surface area contributed by atoms with Crippen molar-refractivity contribution in [2.75, 3.05) is 6.61 Å². The molecule has 5 heteroatoms. The fraction of sp³-hybridized carbons (Fsp3) is 0.204. The van der Waals surface area contributed by atoms with E-state index in [1.54, 1.807) is 0 Å². The van der Waals surface area contributed by atoms with E-state index in [1.165, 1.54) is 16.7 Å². The molecule has 4 aromatic carbocycles. The first-order chi connectivity index (χ1) is 26.7. The maximum atomic E-state index is 6.61. The second-order valence-corrected chi connectivity index (χ2v) is 14.0. The molecule has 5 nitrogen and oxygen atoms in total. The summed E-state index contributed by atoms with van der Waals surface area (Å²) in [4.78, 5) is 15.4. The average molecular weight is 708 g/mol. The zero-order chi connectivity index (χ0) is 36.7. The second kappa shape index (κ2) is 16.3. The van der Waals surface area contributed by atoms with Crippen molar-refractivity contribution in [2.45, 2.75) is 46.0 Å². The fourth-order valence-corrected chi connectivity index (χ4v) is 7.61. The average Bonchev–Trinajstić information content (AvgIpc) is 3.62. The fourth-order valence-electron chi connectivity index (χ4n) is 7.61. The first-order valence-electron chi connectivity index (χ1n) is 19.2. The van der Waals surface area contributed by atoms with Gasteiger partial charge >= 0.3 is 0 Å². The van der Waals surface area contributed by atoms with Crippen molar-refractivity contribution in [3.8, 4) is 28.5 Å². The summed E-state index contributed by atoms with van der Waals surface area (Å²) in [5.74, 6) is 3.65. The first kappa shape index (κ1) is 35.0. The van der Waals surface area contributed by atoms with E-state index >= 15 is 0 Å². The molecule has 0 radical (unpaired) electrons. The predicted octanol–water partition coefficient (Wildman–Crippen LogP) is 12.5. The Morgan fingerprint density at radius 3 is 2.46 bits per heavy atom. The zero-order valence-electron chi connectivity index (χ0n) is 31.0. The third-order valence-corrected chi connectivity index (χ3v) is 10.3. The van der Waals surface area contributed by atoms with Crippen molar-refractivity contribution >= 4 is 27.5 Å². The number of nitrogens with zero attached hydrogens (tertiary/aromatic N) is 3. The molecular formula is C49H45N3O2. The van der Waals surface area contributed by atoms with Crippen molar-refractivity contribution in [1.29, 1.82) is 0 Å². The Morgan fingerprint density at radius 2 is 1.61 bits per heavy atom. The minimum Gasteiger partial charge on any atom is -0.492 e. The number of furan rings is 1. The van der Waals surface area contributed by atoms with Crippen LogP contribution in [-0.4, -0.2) is 21.6 Å². The summed E-state index contributed by atoms with van der Waals surface area (Å²) in [5, 5.41) is 2.07. The number of para-hydroxylation sites is 2. The van der Waals surface area contributed by atoms with Gasteiger partial charge in [-0.1, -0.05) is 140 Å². The molecule has 2 aliphatic rings. The van der Waals surface area contributed by atoms with Gasteiger partial charge in [0.1, 0.15) is 22.7 Å². The Morgan fingerprint density at radius 1 is 0.815 bits per heavy atom. The van der Waals surface area contributed by atoms with Crippen molar-refractivity contribution in [1.82, 2.24) is 15.0 Å². The number of hydrogen-bond acceptors (Lipinski definition) is 5. The number of hydrogen-bond donors (Lipinski definition) is 0. The molecule has 8 rings (SSSR count). The number of ether oxygens (including phenoxy) is 1. The van der Waals surface area contributed by atoms with Gasteiger partial charge in [-0.15, -0.1) is 0 Å². The van der Waals surface area contributed by atoms with Crippen molar-refractivity contribution in [2.24, 2.45) is 11.8 Å². The van der Waals surface area contributed by atoms with E-state index in [0.717, 1.165) is 75.9 Å². The first-order valence-corrected chi connectivity index (χ1v) is 19.2. The van der Waals surface area contributed by atoms with Gasteiger partial charge in [-0.2, -0.15) is 0 Å². The van der Waals surface area contributed by atoms with Crippen molar-refractivity contribution in [3.05, 3.63) is 174 Å². The number of fused-ring (bicyclic) bond motifs is 3. The van der Waals surface area contributed by atoms with E-state index in [4.69, 9.17) is 24.1 Å². The summed E-state index contributed by atoms with van der Waals surface area (Å²) < 4.78 is 12.9. The smallest absolute Gasteiger partial charge is 0.164 e. The largest absolute Gasteiger partial charge is 0.492 e. The Hall–Kier alpha value is -6.07. The van der Waals surface area contributed by atoms with Gasteiger partial charge in [0.2, 0.25) is 0 Å². The van der Waals surface area contributed by atoms with Gasteiger partial charge in [-0.25, -0.2) is 15.0 Å². The third-order valence-electron chi connectivity index (χ3n) is 10.3. The highest BCUT2D eigenvalue weighted by Crippen LogP contribution is 2.41. The van der Waals surface area contributed by atoms with Crippen LogP contribution in [0.25, 0.3) is 50.3 Å². The molecule has 0 bridgehead atoms. The number of rotatable bonds is 12. The minimum absolute atomic E-state index is 0.242. The molecule has 0 fully saturated rings. The van der Waals surface area contributed by atoms with Crippen LogP contribution in [0.3, 0.4) is 0 Å². The quantitative estimate of drug-likeness (QED) is 0.119. The second-order valence-electron chi connectivity index (χ2n) is 14.0. The molecule has 2 aliphatic carbocycles. The van der Waals surface area contributed by atoms with Crippen LogP contribution in [0.2, 0.25) is 0 Å². The van der Waals surface area contributed by atoms with Crippen LogP contribution in [0.1, 0.15) is 50.9 Å². The minimum atomic E-state index is 0.242. The summed E-state index contributed by atoms with van der Waals surface area (Å²) >= 11 is 0. The maximum Gasteiger partial charge on any atom is 0.164 e. The highest BCUT2D eigenvalue weighted by molar-refractivity contribution is 6.11. The molecule has 0 saturated carbocycles. The van der Waals surface area contributed by atoms with Gasteiger partial charge in [-0.05, 0) is 73.4 Å². The molecule has 0 N–H and O–H groups in total. The lowest BCUT2D eigenvalue weighted by atomic mass is 9.79. The zero-order valence-corrected chi connectivity index (χ0v) is 31.0. The summed E-state index contributed by atoms with van der Waals surface area (Å²) in [5.41, 5.74) is 8.53. The molecule has 2 aromatic heterocycles. The van der Waals surface area contributed by atoms with Gasteiger partial charge in [0.05, 0.1) is 6.61 Å². The van der Waals surface area contributed by atoms with Crippen LogP contribution in [0.5, 0.6) is 5.75 Å². The summed E-state index contributed by atoms with van der Waals surface area (Å²) in [7, 11) is 0. The third kappa shape index (κ3) is 7.53. The summed E-state index contributed by atoms with van der Waals surface area (Å²) in [6, 6.07) is 33.0. The molecule has 2 atom stereocenters. The Balaban J connectivity index is 1.16. The lowest BCUT2D eigenvalue weighted by molar-refractivity contribution is 0.275. The van der Waals surface area contributed by atoms with Crippen molar-refractivity contribution in [3.63, 3.8) is 0 Å². The van der Waals surface area contributed by atoms with Crippen LogP contribution >= 0.6 is 0 Å². The Labute approximate surface area is 317 Å².